The highest BCUT2D eigenvalue weighted by Crippen LogP contribution is 2.24. The molecule has 4 rings (SSSR count). The van der Waals surface area contributed by atoms with Gasteiger partial charge in [-0.05, 0) is 67.8 Å². The smallest absolute Gasteiger partial charge is 0.148 e. The average Bonchev–Trinajstić information content (AvgIpc) is 3.12. The first-order chi connectivity index (χ1) is 15.0. The Morgan fingerprint density at radius 3 is 2.48 bits per heavy atom. The number of ether oxygens (including phenoxy) is 2. The van der Waals surface area contributed by atoms with Gasteiger partial charge in [0.25, 0.3) is 0 Å². The number of aromatic nitrogens is 2. The Bertz CT molecular complexity index is 1170. The summed E-state index contributed by atoms with van der Waals surface area (Å²) in [7, 11) is 0. The Morgan fingerprint density at radius 2 is 1.68 bits per heavy atom. The van der Waals surface area contributed by atoms with Gasteiger partial charge in [0.15, 0.2) is 0 Å². The largest absolute Gasteiger partial charge is 0.491 e. The number of benzene rings is 3. The van der Waals surface area contributed by atoms with Gasteiger partial charge in [-0.1, -0.05) is 36.4 Å². The fraction of sp³-hybridized carbons (Fsp3) is 0.269. The predicted molar refractivity (Wildman–Crippen MR) is 123 cm³/mol. The van der Waals surface area contributed by atoms with Gasteiger partial charge in [-0.15, -0.1) is 0 Å². The van der Waals surface area contributed by atoms with Gasteiger partial charge in [0.2, 0.25) is 0 Å². The van der Waals surface area contributed by atoms with Crippen molar-refractivity contribution < 1.29 is 14.6 Å². The highest BCUT2D eigenvalue weighted by Gasteiger charge is 2.16. The summed E-state index contributed by atoms with van der Waals surface area (Å²) < 4.78 is 13.9. The van der Waals surface area contributed by atoms with Crippen LogP contribution in [0.2, 0.25) is 0 Å². The zero-order chi connectivity index (χ0) is 21.8. The zero-order valence-electron chi connectivity index (χ0n) is 18.2. The first kappa shape index (κ1) is 20.9. The van der Waals surface area contributed by atoms with E-state index in [0.29, 0.717) is 13.2 Å². The molecular formula is C26H28N2O3. The third kappa shape index (κ3) is 4.89. The quantitative estimate of drug-likeness (QED) is 0.440. The molecule has 0 aliphatic rings. The van der Waals surface area contributed by atoms with E-state index in [-0.39, 0.29) is 6.61 Å². The lowest BCUT2D eigenvalue weighted by Gasteiger charge is -2.18. The van der Waals surface area contributed by atoms with E-state index in [1.54, 1.807) is 0 Å². The summed E-state index contributed by atoms with van der Waals surface area (Å²) in [4.78, 5) is 4.72. The van der Waals surface area contributed by atoms with Gasteiger partial charge in [-0.2, -0.15) is 0 Å². The number of fused-ring (bicyclic) bond motifs is 1. The molecule has 0 bridgehead atoms. The maximum atomic E-state index is 10.8. The molecule has 0 saturated carbocycles. The molecule has 1 aromatic heterocycles. The van der Waals surface area contributed by atoms with Crippen LogP contribution in [0.3, 0.4) is 0 Å². The lowest BCUT2D eigenvalue weighted by Crippen LogP contribution is -2.25. The van der Waals surface area contributed by atoms with Crippen LogP contribution >= 0.6 is 0 Å². The van der Waals surface area contributed by atoms with Crippen LogP contribution in [-0.4, -0.2) is 27.4 Å². The molecule has 5 nitrogen and oxygen atoms in total. The lowest BCUT2D eigenvalue weighted by molar-refractivity contribution is 0.0914. The van der Waals surface area contributed by atoms with E-state index in [2.05, 4.69) is 13.0 Å². The Kier molecular flexibility index (Phi) is 6.23. The molecule has 0 spiro atoms. The van der Waals surface area contributed by atoms with E-state index in [1.165, 1.54) is 5.56 Å². The van der Waals surface area contributed by atoms with Crippen LogP contribution < -0.4 is 9.47 Å². The van der Waals surface area contributed by atoms with E-state index in [0.717, 1.165) is 39.5 Å². The average molecular weight is 417 g/mol. The summed E-state index contributed by atoms with van der Waals surface area (Å²) in [6.45, 7) is 7.06. The summed E-state index contributed by atoms with van der Waals surface area (Å²) in [5, 5.41) is 10.8. The van der Waals surface area contributed by atoms with Crippen molar-refractivity contribution in [3.05, 3.63) is 89.2 Å². The molecule has 1 unspecified atom stereocenters. The highest BCUT2D eigenvalue weighted by atomic mass is 16.5. The van der Waals surface area contributed by atoms with Crippen molar-refractivity contribution in [1.82, 2.24) is 9.55 Å². The summed E-state index contributed by atoms with van der Waals surface area (Å²) in [5.41, 5.74) is 5.28. The Morgan fingerprint density at radius 1 is 0.935 bits per heavy atom. The van der Waals surface area contributed by atoms with E-state index < -0.39 is 6.10 Å². The number of aliphatic hydroxyl groups is 1. The van der Waals surface area contributed by atoms with Gasteiger partial charge in [0.1, 0.15) is 36.6 Å². The van der Waals surface area contributed by atoms with E-state index in [4.69, 9.17) is 14.5 Å². The van der Waals surface area contributed by atoms with E-state index >= 15 is 0 Å². The Hall–Kier alpha value is -3.31. The van der Waals surface area contributed by atoms with Gasteiger partial charge in [-0.3, -0.25) is 0 Å². The molecule has 0 saturated heterocycles. The highest BCUT2D eigenvalue weighted by molar-refractivity contribution is 5.75. The standard InChI is InChI=1S/C26H28N2O3/c1-18-13-19(2)20(3)25(14-18)31-16-21(29)15-28-24-12-8-7-11-23(24)27-26(28)17-30-22-9-5-4-6-10-22/h4-14,21,29H,15-17H2,1-3H3. The normalized spacial score (nSPS) is 12.1. The Labute approximate surface area is 182 Å². The fourth-order valence-corrected chi connectivity index (χ4v) is 3.70. The lowest BCUT2D eigenvalue weighted by atomic mass is 10.1. The van der Waals surface area contributed by atoms with Gasteiger partial charge in [-0.25, -0.2) is 4.98 Å². The number of imidazole rings is 1. The maximum Gasteiger partial charge on any atom is 0.148 e. The minimum atomic E-state index is -0.687. The van der Waals surface area contributed by atoms with Crippen LogP contribution in [0.25, 0.3) is 11.0 Å². The Balaban J connectivity index is 1.50. The van der Waals surface area contributed by atoms with E-state index in [1.807, 2.05) is 79.1 Å². The molecule has 1 atom stereocenters. The second-order valence-electron chi connectivity index (χ2n) is 7.90. The monoisotopic (exact) mass is 416 g/mol. The molecule has 4 aromatic rings. The first-order valence-electron chi connectivity index (χ1n) is 10.5. The van der Waals surface area contributed by atoms with Crippen molar-refractivity contribution in [2.24, 2.45) is 0 Å². The molecule has 160 valence electrons. The number of aliphatic hydroxyl groups excluding tert-OH is 1. The van der Waals surface area contributed by atoms with Crippen LogP contribution in [-0.2, 0) is 13.2 Å². The van der Waals surface area contributed by atoms with Gasteiger partial charge >= 0.3 is 0 Å². The van der Waals surface area contributed by atoms with Crippen LogP contribution in [0, 0.1) is 20.8 Å². The number of hydrogen-bond acceptors (Lipinski definition) is 4. The number of nitrogens with zero attached hydrogens (tertiary/aromatic N) is 2. The number of para-hydroxylation sites is 3. The molecule has 1 heterocycles. The molecule has 3 aromatic carbocycles. The molecule has 5 heteroatoms. The van der Waals surface area contributed by atoms with Crippen LogP contribution in [0.5, 0.6) is 11.5 Å². The summed E-state index contributed by atoms with van der Waals surface area (Å²) >= 11 is 0. The summed E-state index contributed by atoms with van der Waals surface area (Å²) in [5.74, 6) is 2.38. The van der Waals surface area contributed by atoms with Gasteiger partial charge in [0.05, 0.1) is 17.6 Å². The molecule has 0 radical (unpaired) electrons. The molecule has 0 aliphatic carbocycles. The van der Waals surface area contributed by atoms with Gasteiger partial charge in [0, 0.05) is 0 Å². The minimum absolute atomic E-state index is 0.204. The first-order valence-corrected chi connectivity index (χ1v) is 10.5. The molecule has 1 N–H and O–H groups in total. The number of rotatable bonds is 8. The SMILES string of the molecule is Cc1cc(C)c(C)c(OCC(O)Cn2c(COc3ccccc3)nc3ccccc32)c1. The molecule has 31 heavy (non-hydrogen) atoms. The van der Waals surface area contributed by atoms with Crippen LogP contribution in [0.15, 0.2) is 66.7 Å². The van der Waals surface area contributed by atoms with Crippen molar-refractivity contribution in [3.8, 4) is 11.5 Å². The zero-order valence-corrected chi connectivity index (χ0v) is 18.2. The third-order valence-corrected chi connectivity index (χ3v) is 5.43. The summed E-state index contributed by atoms with van der Waals surface area (Å²) in [6, 6.07) is 21.7. The minimum Gasteiger partial charge on any atom is -0.491 e. The molecule has 0 aliphatic heterocycles. The maximum absolute atomic E-state index is 10.8. The van der Waals surface area contributed by atoms with Crippen molar-refractivity contribution in [3.63, 3.8) is 0 Å². The fourth-order valence-electron chi connectivity index (χ4n) is 3.70. The second kappa shape index (κ2) is 9.23. The third-order valence-electron chi connectivity index (χ3n) is 5.43. The van der Waals surface area contributed by atoms with Crippen molar-refractivity contribution in [2.75, 3.05) is 6.61 Å². The molecule has 0 fully saturated rings. The topological polar surface area (TPSA) is 56.5 Å². The molecule has 0 amide bonds. The van der Waals surface area contributed by atoms with Crippen LogP contribution in [0.1, 0.15) is 22.5 Å². The van der Waals surface area contributed by atoms with Crippen LogP contribution in [0.4, 0.5) is 0 Å². The molecular weight excluding hydrogens is 388 g/mol. The number of aryl methyl sites for hydroxylation is 2. The van der Waals surface area contributed by atoms with E-state index in [9.17, 15) is 5.11 Å². The summed E-state index contributed by atoms with van der Waals surface area (Å²) in [6.07, 6.45) is -0.687. The second-order valence-corrected chi connectivity index (χ2v) is 7.90. The van der Waals surface area contributed by atoms with Crippen molar-refractivity contribution in [1.29, 1.82) is 0 Å². The van der Waals surface area contributed by atoms with Gasteiger partial charge < -0.3 is 19.1 Å². The van der Waals surface area contributed by atoms with Crippen molar-refractivity contribution in [2.45, 2.75) is 40.0 Å². The predicted octanol–water partition coefficient (Wildman–Crippen LogP) is 4.98. The number of hydrogen-bond donors (Lipinski definition) is 1. The van der Waals surface area contributed by atoms with Crippen molar-refractivity contribution >= 4 is 11.0 Å².